The van der Waals surface area contributed by atoms with Crippen LogP contribution in [0, 0.1) is 0 Å². The van der Waals surface area contributed by atoms with Gasteiger partial charge < -0.3 is 33.0 Å². The van der Waals surface area contributed by atoms with Crippen molar-refractivity contribution < 1.29 is 41.4 Å². The SMILES string of the molecule is O=S(=O)([O-])c1c(-c2ccc3c(c2)OCCO3)cc(-c2ccc3c(c2)OCCO3)cc1-c1ccc2c(c1)OCCO2. The Kier molecular flexibility index (Phi) is 5.94. The van der Waals surface area contributed by atoms with Gasteiger partial charge >= 0.3 is 0 Å². The Morgan fingerprint density at radius 3 is 1.20 bits per heavy atom. The first-order chi connectivity index (χ1) is 19.4. The summed E-state index contributed by atoms with van der Waals surface area (Å²) in [6, 6.07) is 19.2. The minimum absolute atomic E-state index is 0.240. The minimum Gasteiger partial charge on any atom is -0.744 e. The van der Waals surface area contributed by atoms with Crippen molar-refractivity contribution in [3.63, 3.8) is 0 Å². The highest BCUT2D eigenvalue weighted by molar-refractivity contribution is 7.86. The molecule has 0 saturated heterocycles. The molecule has 0 amide bonds. The molecule has 9 nitrogen and oxygen atoms in total. The summed E-state index contributed by atoms with van der Waals surface area (Å²) >= 11 is 0. The van der Waals surface area contributed by atoms with Crippen LogP contribution in [0.2, 0.25) is 0 Å². The summed E-state index contributed by atoms with van der Waals surface area (Å²) < 4.78 is 73.1. The molecule has 204 valence electrons. The zero-order valence-electron chi connectivity index (χ0n) is 21.2. The molecule has 0 unspecified atom stereocenters. The lowest BCUT2D eigenvalue weighted by Crippen LogP contribution is -2.15. The van der Waals surface area contributed by atoms with Crippen LogP contribution in [-0.2, 0) is 10.1 Å². The molecule has 3 heterocycles. The van der Waals surface area contributed by atoms with Crippen LogP contribution in [0.25, 0.3) is 33.4 Å². The van der Waals surface area contributed by atoms with Gasteiger partial charge in [0.15, 0.2) is 34.5 Å². The van der Waals surface area contributed by atoms with E-state index in [0.29, 0.717) is 90.8 Å². The van der Waals surface area contributed by atoms with E-state index in [0.717, 1.165) is 5.56 Å². The molecule has 4 aromatic carbocycles. The van der Waals surface area contributed by atoms with Gasteiger partial charge in [0.1, 0.15) is 49.8 Å². The van der Waals surface area contributed by atoms with Gasteiger partial charge in [0, 0.05) is 11.1 Å². The fourth-order valence-corrected chi connectivity index (χ4v) is 6.03. The van der Waals surface area contributed by atoms with E-state index in [2.05, 4.69) is 0 Å². The lowest BCUT2D eigenvalue weighted by atomic mass is 9.92. The molecule has 0 fully saturated rings. The fraction of sp³-hybridized carbons (Fsp3) is 0.200. The highest BCUT2D eigenvalue weighted by Gasteiger charge is 2.24. The van der Waals surface area contributed by atoms with Gasteiger partial charge in [-0.3, -0.25) is 0 Å². The molecular formula is C30H23O9S-. The fourth-order valence-electron chi connectivity index (χ4n) is 5.14. The first kappa shape index (κ1) is 24.6. The second kappa shape index (κ2) is 9.65. The average molecular weight is 560 g/mol. The molecule has 0 radical (unpaired) electrons. The number of hydrogen-bond donors (Lipinski definition) is 0. The zero-order chi connectivity index (χ0) is 27.3. The van der Waals surface area contributed by atoms with Crippen LogP contribution in [0.1, 0.15) is 0 Å². The number of benzene rings is 4. The number of ether oxygens (including phenoxy) is 6. The van der Waals surface area contributed by atoms with Crippen LogP contribution in [0.4, 0.5) is 0 Å². The topological polar surface area (TPSA) is 113 Å². The molecular weight excluding hydrogens is 536 g/mol. The van der Waals surface area contributed by atoms with E-state index in [1.807, 2.05) is 18.2 Å². The van der Waals surface area contributed by atoms with Gasteiger partial charge in [-0.2, -0.15) is 0 Å². The quantitative estimate of drug-likeness (QED) is 0.322. The van der Waals surface area contributed by atoms with E-state index in [4.69, 9.17) is 28.4 Å². The molecule has 0 spiro atoms. The van der Waals surface area contributed by atoms with Crippen molar-refractivity contribution in [1.82, 2.24) is 0 Å². The number of rotatable bonds is 4. The standard InChI is InChI=1S/C30H24O9S/c31-40(32,33)30-22(19-2-5-25-28(16-19)38-11-8-35-25)13-21(18-1-4-24-27(15-18)37-10-7-34-24)14-23(30)20-3-6-26-29(17-20)39-12-9-36-26/h1-6,13-17H,7-12H2,(H,31,32,33)/p-1. The van der Waals surface area contributed by atoms with Gasteiger partial charge in [-0.15, -0.1) is 0 Å². The summed E-state index contributed by atoms with van der Waals surface area (Å²) in [6.45, 7) is 2.45. The Morgan fingerprint density at radius 2 is 0.800 bits per heavy atom. The van der Waals surface area contributed by atoms with Gasteiger partial charge in [-0.1, -0.05) is 18.2 Å². The van der Waals surface area contributed by atoms with Crippen LogP contribution in [-0.4, -0.2) is 52.6 Å². The van der Waals surface area contributed by atoms with E-state index in [-0.39, 0.29) is 16.0 Å². The maximum Gasteiger partial charge on any atom is 0.161 e. The molecule has 0 atom stereocenters. The highest BCUT2D eigenvalue weighted by atomic mass is 32.2. The largest absolute Gasteiger partial charge is 0.744 e. The zero-order valence-corrected chi connectivity index (χ0v) is 22.0. The van der Waals surface area contributed by atoms with Gasteiger partial charge in [0.05, 0.1) is 4.90 Å². The van der Waals surface area contributed by atoms with Crippen molar-refractivity contribution in [2.24, 2.45) is 0 Å². The van der Waals surface area contributed by atoms with Crippen molar-refractivity contribution in [3.05, 3.63) is 66.7 Å². The third-order valence-corrected chi connectivity index (χ3v) is 7.86. The predicted molar refractivity (Wildman–Crippen MR) is 144 cm³/mol. The Balaban J connectivity index is 1.49. The smallest absolute Gasteiger partial charge is 0.161 e. The Bertz CT molecular complexity index is 1670. The summed E-state index contributed by atoms with van der Waals surface area (Å²) in [7, 11) is -4.96. The maximum absolute atomic E-state index is 12.9. The van der Waals surface area contributed by atoms with Gasteiger partial charge in [-0.05, 0) is 70.8 Å². The molecule has 40 heavy (non-hydrogen) atoms. The second-order valence-electron chi connectivity index (χ2n) is 9.43. The average Bonchev–Trinajstić information content (AvgIpc) is 2.99. The van der Waals surface area contributed by atoms with E-state index in [1.165, 1.54) is 0 Å². The molecule has 3 aliphatic rings. The van der Waals surface area contributed by atoms with Crippen molar-refractivity contribution in [1.29, 1.82) is 0 Å². The van der Waals surface area contributed by atoms with E-state index < -0.39 is 10.1 Å². The van der Waals surface area contributed by atoms with Gasteiger partial charge in [0.2, 0.25) is 0 Å². The molecule has 0 N–H and O–H groups in total. The van der Waals surface area contributed by atoms with Crippen LogP contribution < -0.4 is 28.4 Å². The third-order valence-electron chi connectivity index (χ3n) is 6.92. The van der Waals surface area contributed by atoms with Crippen molar-refractivity contribution in [2.75, 3.05) is 39.6 Å². The normalized spacial score (nSPS) is 15.4. The maximum atomic E-state index is 12.9. The second-order valence-corrected chi connectivity index (χ2v) is 10.7. The molecule has 10 heteroatoms. The lowest BCUT2D eigenvalue weighted by molar-refractivity contribution is 0.171. The molecule has 3 aliphatic heterocycles. The van der Waals surface area contributed by atoms with E-state index in [1.54, 1.807) is 48.5 Å². The van der Waals surface area contributed by atoms with Crippen LogP contribution in [0.3, 0.4) is 0 Å². The first-order valence-electron chi connectivity index (χ1n) is 12.8. The molecule has 4 aromatic rings. The van der Waals surface area contributed by atoms with Crippen LogP contribution in [0.5, 0.6) is 34.5 Å². The number of hydrogen-bond acceptors (Lipinski definition) is 9. The van der Waals surface area contributed by atoms with Crippen molar-refractivity contribution >= 4 is 10.1 Å². The molecule has 0 aliphatic carbocycles. The lowest BCUT2D eigenvalue weighted by Gasteiger charge is -2.24. The predicted octanol–water partition coefficient (Wildman–Crippen LogP) is 4.91. The third kappa shape index (κ3) is 4.44. The monoisotopic (exact) mass is 559 g/mol. The molecule has 0 saturated carbocycles. The first-order valence-corrected chi connectivity index (χ1v) is 14.2. The molecule has 7 rings (SSSR count). The van der Waals surface area contributed by atoms with E-state index >= 15 is 0 Å². The highest BCUT2D eigenvalue weighted by Crippen LogP contribution is 2.45. The number of fused-ring (bicyclic) bond motifs is 3. The Morgan fingerprint density at radius 1 is 0.450 bits per heavy atom. The van der Waals surface area contributed by atoms with Gasteiger partial charge in [0.25, 0.3) is 0 Å². The molecule has 0 bridgehead atoms. The Labute approximate surface area is 230 Å². The summed E-state index contributed by atoms with van der Waals surface area (Å²) in [5.74, 6) is 3.28. The minimum atomic E-state index is -4.96. The van der Waals surface area contributed by atoms with Crippen molar-refractivity contribution in [2.45, 2.75) is 4.90 Å². The van der Waals surface area contributed by atoms with Gasteiger partial charge in [-0.25, -0.2) is 8.42 Å². The van der Waals surface area contributed by atoms with Crippen LogP contribution in [0.15, 0.2) is 71.6 Å². The summed E-state index contributed by atoms with van der Waals surface area (Å²) in [5, 5.41) is 0. The summed E-state index contributed by atoms with van der Waals surface area (Å²) in [4.78, 5) is -0.345. The van der Waals surface area contributed by atoms with Crippen LogP contribution >= 0.6 is 0 Å². The van der Waals surface area contributed by atoms with Crippen molar-refractivity contribution in [3.8, 4) is 67.9 Å². The summed E-state index contributed by atoms with van der Waals surface area (Å²) in [6.07, 6.45) is 0. The summed E-state index contributed by atoms with van der Waals surface area (Å²) in [5.41, 5.74) is 2.91. The van der Waals surface area contributed by atoms with E-state index in [9.17, 15) is 13.0 Å². The Hall–Kier alpha value is -4.41. The molecule has 0 aromatic heterocycles.